The summed E-state index contributed by atoms with van der Waals surface area (Å²) < 4.78 is 25.3. The van der Waals surface area contributed by atoms with Crippen LogP contribution in [0.5, 0.6) is 0 Å². The topological polar surface area (TPSA) is 66.5 Å². The van der Waals surface area contributed by atoms with E-state index in [4.69, 9.17) is 0 Å². The Bertz CT molecular complexity index is 573. The second-order valence-electron chi connectivity index (χ2n) is 4.98. The summed E-state index contributed by atoms with van der Waals surface area (Å²) in [5.74, 6) is -0.205. The summed E-state index contributed by atoms with van der Waals surface area (Å²) in [5, 5.41) is 2.69. The third kappa shape index (κ3) is 5.60. The molecule has 1 N–H and O–H groups in total. The van der Waals surface area contributed by atoms with Crippen molar-refractivity contribution in [2.24, 2.45) is 5.92 Å². The summed E-state index contributed by atoms with van der Waals surface area (Å²) in [5.41, 5.74) is 0.621. The Kier molecular flexibility index (Phi) is 6.16. The van der Waals surface area contributed by atoms with Crippen LogP contribution in [-0.2, 0) is 14.8 Å². The van der Waals surface area contributed by atoms with Crippen LogP contribution in [0.3, 0.4) is 0 Å². The first-order valence-corrected chi connectivity index (χ1v) is 8.83. The summed E-state index contributed by atoms with van der Waals surface area (Å²) in [4.78, 5) is 12.0. The molecule has 0 bridgehead atoms. The van der Waals surface area contributed by atoms with Gasteiger partial charge in [-0.25, -0.2) is 8.42 Å². The molecule has 0 aromatic heterocycles. The lowest BCUT2D eigenvalue weighted by molar-refractivity contribution is -0.116. The number of rotatable bonds is 6. The molecule has 1 rings (SSSR count). The average Bonchev–Trinajstić information content (AvgIpc) is 2.29. The molecular formula is C13H19BrN2O3S. The highest BCUT2D eigenvalue weighted by Gasteiger charge is 2.21. The molecule has 0 aliphatic heterocycles. The van der Waals surface area contributed by atoms with Crippen LogP contribution in [0.25, 0.3) is 0 Å². The fraction of sp³-hybridized carbons (Fsp3) is 0.462. The van der Waals surface area contributed by atoms with Crippen LogP contribution in [-0.4, -0.2) is 38.0 Å². The summed E-state index contributed by atoms with van der Waals surface area (Å²) in [6, 6.07) is 7.18. The summed E-state index contributed by atoms with van der Waals surface area (Å²) in [6.45, 7) is 3.95. The first kappa shape index (κ1) is 17.1. The van der Waals surface area contributed by atoms with Crippen LogP contribution in [0.2, 0.25) is 0 Å². The first-order chi connectivity index (χ1) is 9.20. The Labute approximate surface area is 128 Å². The third-order valence-electron chi connectivity index (χ3n) is 2.51. The van der Waals surface area contributed by atoms with E-state index in [0.29, 0.717) is 12.2 Å². The number of para-hydroxylation sites is 1. The molecule has 112 valence electrons. The van der Waals surface area contributed by atoms with Gasteiger partial charge in [-0.2, -0.15) is 4.31 Å². The molecule has 0 spiro atoms. The van der Waals surface area contributed by atoms with E-state index in [1.54, 1.807) is 18.2 Å². The number of benzene rings is 1. The first-order valence-electron chi connectivity index (χ1n) is 6.19. The molecule has 0 aliphatic carbocycles. The number of sulfonamides is 1. The molecule has 0 aliphatic rings. The molecule has 0 heterocycles. The van der Waals surface area contributed by atoms with Gasteiger partial charge in [0.1, 0.15) is 0 Å². The van der Waals surface area contributed by atoms with Gasteiger partial charge in [0.25, 0.3) is 0 Å². The lowest BCUT2D eigenvalue weighted by Crippen LogP contribution is -2.39. The van der Waals surface area contributed by atoms with Crippen molar-refractivity contribution in [1.29, 1.82) is 0 Å². The van der Waals surface area contributed by atoms with Gasteiger partial charge in [-0.15, -0.1) is 0 Å². The highest BCUT2D eigenvalue weighted by atomic mass is 79.9. The van der Waals surface area contributed by atoms with Crippen LogP contribution in [0.1, 0.15) is 13.8 Å². The minimum Gasteiger partial charge on any atom is -0.324 e. The van der Waals surface area contributed by atoms with Crippen molar-refractivity contribution in [2.45, 2.75) is 13.8 Å². The van der Waals surface area contributed by atoms with Gasteiger partial charge in [0.15, 0.2) is 0 Å². The molecule has 0 radical (unpaired) electrons. The Morgan fingerprint density at radius 1 is 1.35 bits per heavy atom. The number of halogens is 1. The maximum Gasteiger partial charge on any atom is 0.239 e. The van der Waals surface area contributed by atoms with Gasteiger partial charge in [0.2, 0.25) is 15.9 Å². The van der Waals surface area contributed by atoms with Crippen molar-refractivity contribution in [2.75, 3.05) is 24.7 Å². The van der Waals surface area contributed by atoms with Crippen LogP contribution in [0.15, 0.2) is 28.7 Å². The van der Waals surface area contributed by atoms with Crippen LogP contribution in [0.4, 0.5) is 5.69 Å². The molecule has 0 saturated carbocycles. The van der Waals surface area contributed by atoms with Gasteiger partial charge in [-0.3, -0.25) is 4.79 Å². The molecular weight excluding hydrogens is 344 g/mol. The van der Waals surface area contributed by atoms with Gasteiger partial charge in [0, 0.05) is 11.0 Å². The van der Waals surface area contributed by atoms with Crippen molar-refractivity contribution in [3.63, 3.8) is 0 Å². The maximum absolute atomic E-state index is 12.0. The highest BCUT2D eigenvalue weighted by molar-refractivity contribution is 9.10. The van der Waals surface area contributed by atoms with Gasteiger partial charge in [-0.05, 0) is 34.0 Å². The van der Waals surface area contributed by atoms with Gasteiger partial charge in [-0.1, -0.05) is 26.0 Å². The van der Waals surface area contributed by atoms with Crippen molar-refractivity contribution in [3.8, 4) is 0 Å². The van der Waals surface area contributed by atoms with Crippen molar-refractivity contribution >= 4 is 37.5 Å². The molecule has 1 aromatic carbocycles. The van der Waals surface area contributed by atoms with Crippen molar-refractivity contribution in [1.82, 2.24) is 4.31 Å². The standard InChI is InChI=1S/C13H19BrN2O3S/c1-10(2)8-16(20(3,18)19)9-13(17)15-12-7-5-4-6-11(12)14/h4-7,10H,8-9H2,1-3H3,(H,15,17). The molecule has 5 nitrogen and oxygen atoms in total. The van der Waals surface area contributed by atoms with Crippen LogP contribution in [0, 0.1) is 5.92 Å². The molecule has 0 atom stereocenters. The van der Waals surface area contributed by atoms with E-state index in [1.807, 2.05) is 19.9 Å². The van der Waals surface area contributed by atoms with E-state index in [-0.39, 0.29) is 18.4 Å². The lowest BCUT2D eigenvalue weighted by Gasteiger charge is -2.21. The zero-order chi connectivity index (χ0) is 15.3. The van der Waals surface area contributed by atoms with E-state index in [0.717, 1.165) is 10.7 Å². The quantitative estimate of drug-likeness (QED) is 0.844. The zero-order valence-electron chi connectivity index (χ0n) is 11.8. The predicted molar refractivity (Wildman–Crippen MR) is 84.0 cm³/mol. The van der Waals surface area contributed by atoms with Gasteiger partial charge in [0.05, 0.1) is 18.5 Å². The molecule has 0 fully saturated rings. The van der Waals surface area contributed by atoms with Gasteiger partial charge >= 0.3 is 0 Å². The summed E-state index contributed by atoms with van der Waals surface area (Å²) in [6.07, 6.45) is 1.11. The van der Waals surface area contributed by atoms with Crippen molar-refractivity contribution in [3.05, 3.63) is 28.7 Å². The third-order valence-corrected chi connectivity index (χ3v) is 4.41. The van der Waals surface area contributed by atoms with Crippen molar-refractivity contribution < 1.29 is 13.2 Å². The highest BCUT2D eigenvalue weighted by Crippen LogP contribution is 2.21. The number of carbonyl (C=O) groups excluding carboxylic acids is 1. The number of amides is 1. The average molecular weight is 363 g/mol. The molecule has 7 heteroatoms. The number of anilines is 1. The SMILES string of the molecule is CC(C)CN(CC(=O)Nc1ccccc1Br)S(C)(=O)=O. The number of hydrogen-bond donors (Lipinski definition) is 1. The van der Waals surface area contributed by atoms with E-state index in [1.165, 1.54) is 4.31 Å². The lowest BCUT2D eigenvalue weighted by atomic mass is 10.2. The second kappa shape index (κ2) is 7.19. The minimum atomic E-state index is -3.40. The number of hydrogen-bond acceptors (Lipinski definition) is 3. The van der Waals surface area contributed by atoms with E-state index in [9.17, 15) is 13.2 Å². The summed E-state index contributed by atoms with van der Waals surface area (Å²) in [7, 11) is -3.40. The van der Waals surface area contributed by atoms with Crippen LogP contribution >= 0.6 is 15.9 Å². The molecule has 0 saturated heterocycles. The number of nitrogens with zero attached hydrogens (tertiary/aromatic N) is 1. The minimum absolute atomic E-state index is 0.154. The number of nitrogens with one attached hydrogen (secondary N) is 1. The normalized spacial score (nSPS) is 11.9. The Morgan fingerprint density at radius 2 is 1.95 bits per heavy atom. The van der Waals surface area contributed by atoms with Gasteiger partial charge < -0.3 is 5.32 Å². The van der Waals surface area contributed by atoms with Crippen LogP contribution < -0.4 is 5.32 Å². The second-order valence-corrected chi connectivity index (χ2v) is 7.81. The molecule has 1 aromatic rings. The Balaban J connectivity index is 2.75. The van der Waals surface area contributed by atoms with E-state index >= 15 is 0 Å². The Morgan fingerprint density at radius 3 is 2.45 bits per heavy atom. The summed E-state index contributed by atoms with van der Waals surface area (Å²) >= 11 is 3.32. The Hall–Kier alpha value is -0.920. The van der Waals surface area contributed by atoms with E-state index < -0.39 is 10.0 Å². The fourth-order valence-electron chi connectivity index (χ4n) is 1.64. The maximum atomic E-state index is 12.0. The fourth-order valence-corrected chi connectivity index (χ4v) is 2.94. The monoisotopic (exact) mass is 362 g/mol. The molecule has 0 unspecified atom stereocenters. The van der Waals surface area contributed by atoms with E-state index in [2.05, 4.69) is 21.2 Å². The molecule has 1 amide bonds. The largest absolute Gasteiger partial charge is 0.324 e. The molecule has 20 heavy (non-hydrogen) atoms. The smallest absolute Gasteiger partial charge is 0.239 e. The predicted octanol–water partition coefficient (Wildman–Crippen LogP) is 2.31. The zero-order valence-corrected chi connectivity index (χ0v) is 14.2. The number of carbonyl (C=O) groups is 1.